The van der Waals surface area contributed by atoms with E-state index in [4.69, 9.17) is 26.1 Å². The quantitative estimate of drug-likeness (QED) is 0.231. The van der Waals surface area contributed by atoms with E-state index < -0.39 is 18.1 Å². The summed E-state index contributed by atoms with van der Waals surface area (Å²) in [6, 6.07) is 25.6. The summed E-state index contributed by atoms with van der Waals surface area (Å²) >= 11 is 6.28. The SMILES string of the molecule is COc1cccc(-c2nc3ccc(Cl)cn3c2CC(NC(=O)OCC2c3ccccc3-c3ccccc32)C(=O)O)c1. The third-order valence-electron chi connectivity index (χ3n) is 7.36. The summed E-state index contributed by atoms with van der Waals surface area (Å²) in [5, 5.41) is 13.1. The highest BCUT2D eigenvalue weighted by Gasteiger charge is 2.30. The van der Waals surface area contributed by atoms with Crippen LogP contribution in [-0.2, 0) is 16.0 Å². The summed E-state index contributed by atoms with van der Waals surface area (Å²) in [6.45, 7) is 0.0759. The number of pyridine rings is 1. The molecule has 1 aliphatic carbocycles. The molecule has 0 spiro atoms. The van der Waals surface area contributed by atoms with Crippen molar-refractivity contribution in [1.29, 1.82) is 0 Å². The van der Waals surface area contributed by atoms with Crippen LogP contribution in [0.1, 0.15) is 22.7 Å². The molecule has 2 heterocycles. The molecule has 1 amide bonds. The van der Waals surface area contributed by atoms with Crippen LogP contribution in [-0.4, -0.2) is 46.3 Å². The van der Waals surface area contributed by atoms with Crippen molar-refractivity contribution >= 4 is 29.3 Å². The van der Waals surface area contributed by atoms with Gasteiger partial charge >= 0.3 is 12.1 Å². The fourth-order valence-electron chi connectivity index (χ4n) is 5.44. The van der Waals surface area contributed by atoms with Crippen molar-refractivity contribution < 1.29 is 24.2 Å². The fraction of sp³-hybridized carbons (Fsp3) is 0.156. The molecule has 0 saturated heterocycles. The minimum Gasteiger partial charge on any atom is -0.497 e. The molecule has 1 atom stereocenters. The highest BCUT2D eigenvalue weighted by atomic mass is 35.5. The average molecular weight is 568 g/mol. The molecule has 41 heavy (non-hydrogen) atoms. The number of rotatable bonds is 8. The lowest BCUT2D eigenvalue weighted by molar-refractivity contribution is -0.139. The molecule has 9 heteroatoms. The molecular formula is C32H26ClN3O5. The van der Waals surface area contributed by atoms with E-state index in [2.05, 4.69) is 17.4 Å². The van der Waals surface area contributed by atoms with Crippen LogP contribution in [0, 0.1) is 0 Å². The van der Waals surface area contributed by atoms with Crippen LogP contribution in [0.4, 0.5) is 4.79 Å². The Labute approximate surface area is 241 Å². The van der Waals surface area contributed by atoms with Gasteiger partial charge in [-0.2, -0.15) is 0 Å². The van der Waals surface area contributed by atoms with Crippen molar-refractivity contribution in [2.24, 2.45) is 0 Å². The smallest absolute Gasteiger partial charge is 0.407 e. The number of methoxy groups -OCH3 is 1. The van der Waals surface area contributed by atoms with Gasteiger partial charge in [0.05, 0.1) is 23.5 Å². The molecule has 1 unspecified atom stereocenters. The van der Waals surface area contributed by atoms with E-state index in [1.165, 1.54) is 0 Å². The monoisotopic (exact) mass is 567 g/mol. The number of hydrogen-bond donors (Lipinski definition) is 2. The maximum atomic E-state index is 13.0. The van der Waals surface area contributed by atoms with Gasteiger partial charge in [0.2, 0.25) is 0 Å². The Hall–Kier alpha value is -4.82. The molecule has 5 aromatic rings. The van der Waals surface area contributed by atoms with E-state index in [0.29, 0.717) is 27.8 Å². The number of carbonyl (C=O) groups excluding carboxylic acids is 1. The second kappa shape index (κ2) is 11.0. The summed E-state index contributed by atoms with van der Waals surface area (Å²) in [5.74, 6) is -0.709. The van der Waals surface area contributed by atoms with Gasteiger partial charge in [0.25, 0.3) is 0 Å². The molecule has 0 saturated carbocycles. The van der Waals surface area contributed by atoms with Gasteiger partial charge in [0.1, 0.15) is 24.0 Å². The molecule has 2 N–H and O–H groups in total. The standard InChI is InChI=1S/C32H26ClN3O5/c1-40-21-8-6-7-19(15-21)30-28(36-17-20(33)13-14-29(36)35-30)16-27(31(37)38)34-32(39)41-18-26-24-11-4-2-9-22(24)23-10-3-5-12-25(23)26/h2-15,17,26-27H,16,18H2,1H3,(H,34,39)(H,37,38). The van der Waals surface area contributed by atoms with Gasteiger partial charge in [-0.15, -0.1) is 0 Å². The van der Waals surface area contributed by atoms with Crippen molar-refractivity contribution in [2.75, 3.05) is 13.7 Å². The Morgan fingerprint density at radius 3 is 2.39 bits per heavy atom. The molecule has 0 radical (unpaired) electrons. The Bertz CT molecular complexity index is 1740. The number of aromatic nitrogens is 2. The number of imidazole rings is 1. The van der Waals surface area contributed by atoms with Crippen molar-refractivity contribution in [3.05, 3.63) is 113 Å². The van der Waals surface area contributed by atoms with Crippen LogP contribution in [0.25, 0.3) is 28.0 Å². The Morgan fingerprint density at radius 2 is 1.71 bits per heavy atom. The number of nitrogens with one attached hydrogen (secondary N) is 1. The number of carbonyl (C=O) groups is 2. The number of alkyl carbamates (subject to hydrolysis) is 1. The van der Waals surface area contributed by atoms with Gasteiger partial charge in [0.15, 0.2) is 0 Å². The third kappa shape index (κ3) is 5.10. The number of benzene rings is 3. The minimum atomic E-state index is -1.28. The Balaban J connectivity index is 1.25. The molecular weight excluding hydrogens is 542 g/mol. The van der Waals surface area contributed by atoms with E-state index in [1.807, 2.05) is 60.7 Å². The number of aliphatic carboxylic acids is 1. The van der Waals surface area contributed by atoms with Crippen molar-refractivity contribution in [1.82, 2.24) is 14.7 Å². The molecule has 1 aliphatic rings. The van der Waals surface area contributed by atoms with Crippen LogP contribution in [0.2, 0.25) is 5.02 Å². The van der Waals surface area contributed by atoms with Crippen molar-refractivity contribution in [2.45, 2.75) is 18.4 Å². The number of amides is 1. The largest absolute Gasteiger partial charge is 0.497 e. The first-order chi connectivity index (χ1) is 19.9. The summed E-state index contributed by atoms with van der Waals surface area (Å²) in [6.07, 6.45) is 0.803. The van der Waals surface area contributed by atoms with Crippen molar-refractivity contribution in [3.63, 3.8) is 0 Å². The molecule has 8 nitrogen and oxygen atoms in total. The van der Waals surface area contributed by atoms with Crippen LogP contribution in [0.15, 0.2) is 91.1 Å². The molecule has 0 bridgehead atoms. The maximum Gasteiger partial charge on any atom is 0.407 e. The van der Waals surface area contributed by atoms with E-state index in [1.54, 1.807) is 29.8 Å². The minimum absolute atomic E-state index is 0.0619. The zero-order valence-electron chi connectivity index (χ0n) is 22.1. The average Bonchev–Trinajstić information content (AvgIpc) is 3.51. The first-order valence-corrected chi connectivity index (χ1v) is 13.5. The van der Waals surface area contributed by atoms with Crippen molar-refractivity contribution in [3.8, 4) is 28.1 Å². The first-order valence-electron chi connectivity index (χ1n) is 13.1. The predicted molar refractivity (Wildman–Crippen MR) is 156 cm³/mol. The third-order valence-corrected chi connectivity index (χ3v) is 7.58. The molecule has 6 rings (SSSR count). The lowest BCUT2D eigenvalue weighted by Gasteiger charge is -2.18. The molecule has 0 fully saturated rings. The number of carboxylic acid groups (broad SMARTS) is 1. The molecule has 2 aromatic heterocycles. The van der Waals surface area contributed by atoms with Crippen LogP contribution >= 0.6 is 11.6 Å². The summed E-state index contributed by atoms with van der Waals surface area (Å²) in [7, 11) is 1.57. The summed E-state index contributed by atoms with van der Waals surface area (Å²) < 4.78 is 12.7. The van der Waals surface area contributed by atoms with Gasteiger partial charge in [-0.3, -0.25) is 0 Å². The zero-order chi connectivity index (χ0) is 28.5. The molecule has 206 valence electrons. The topological polar surface area (TPSA) is 102 Å². The predicted octanol–water partition coefficient (Wildman–Crippen LogP) is 6.20. The van der Waals surface area contributed by atoms with E-state index in [9.17, 15) is 14.7 Å². The number of ether oxygens (including phenoxy) is 2. The van der Waals surface area contributed by atoms with Crippen LogP contribution in [0.5, 0.6) is 5.75 Å². The lowest BCUT2D eigenvalue weighted by atomic mass is 9.98. The number of carboxylic acids is 1. The summed E-state index contributed by atoms with van der Waals surface area (Å²) in [5.41, 5.74) is 6.82. The normalized spacial score (nSPS) is 12.9. The van der Waals surface area contributed by atoms with E-state index in [-0.39, 0.29) is 18.9 Å². The second-order valence-electron chi connectivity index (χ2n) is 9.78. The first kappa shape index (κ1) is 26.4. The highest BCUT2D eigenvalue weighted by molar-refractivity contribution is 6.30. The number of hydrogen-bond acceptors (Lipinski definition) is 5. The van der Waals surface area contributed by atoms with Gasteiger partial charge in [-0.05, 0) is 46.5 Å². The Kier molecular flexibility index (Phi) is 7.07. The van der Waals surface area contributed by atoms with E-state index in [0.717, 1.165) is 27.8 Å². The lowest BCUT2D eigenvalue weighted by Crippen LogP contribution is -2.43. The number of halogens is 1. The number of fused-ring (bicyclic) bond motifs is 4. The maximum absolute atomic E-state index is 13.0. The number of nitrogens with zero attached hydrogens (tertiary/aromatic N) is 2. The van der Waals surface area contributed by atoms with Gasteiger partial charge in [0, 0.05) is 24.1 Å². The van der Waals surface area contributed by atoms with E-state index >= 15 is 0 Å². The van der Waals surface area contributed by atoms with Crippen LogP contribution in [0.3, 0.4) is 0 Å². The molecule has 0 aliphatic heterocycles. The zero-order valence-corrected chi connectivity index (χ0v) is 22.8. The van der Waals surface area contributed by atoms with Gasteiger partial charge < -0.3 is 24.3 Å². The fourth-order valence-corrected chi connectivity index (χ4v) is 5.60. The highest BCUT2D eigenvalue weighted by Crippen LogP contribution is 2.44. The van der Waals surface area contributed by atoms with Gasteiger partial charge in [-0.25, -0.2) is 14.6 Å². The summed E-state index contributed by atoms with van der Waals surface area (Å²) in [4.78, 5) is 30.1. The second-order valence-corrected chi connectivity index (χ2v) is 10.2. The van der Waals surface area contributed by atoms with Crippen LogP contribution < -0.4 is 10.1 Å². The molecule has 3 aromatic carbocycles. The van der Waals surface area contributed by atoms with Gasteiger partial charge in [-0.1, -0.05) is 72.3 Å². The Morgan fingerprint density at radius 1 is 1.00 bits per heavy atom.